The number of rotatable bonds is 5. The van der Waals surface area contributed by atoms with Crippen LogP contribution in [0.5, 0.6) is 11.5 Å². The Bertz CT molecular complexity index is 1080. The zero-order valence-corrected chi connectivity index (χ0v) is 18.9. The van der Waals surface area contributed by atoms with Crippen molar-refractivity contribution in [2.45, 2.75) is 24.2 Å². The van der Waals surface area contributed by atoms with Crippen molar-refractivity contribution in [2.75, 3.05) is 42.4 Å². The van der Waals surface area contributed by atoms with Crippen molar-refractivity contribution in [1.82, 2.24) is 4.90 Å². The van der Waals surface area contributed by atoms with Crippen molar-refractivity contribution >= 4 is 40.9 Å². The van der Waals surface area contributed by atoms with Crippen LogP contribution < -0.4 is 19.7 Å². The molecule has 8 nitrogen and oxygen atoms in total. The van der Waals surface area contributed by atoms with Gasteiger partial charge in [-0.2, -0.15) is 0 Å². The minimum absolute atomic E-state index is 0.0214. The summed E-state index contributed by atoms with van der Waals surface area (Å²) in [5, 5.41) is 2.94. The molecule has 3 heterocycles. The average molecular weight is 468 g/mol. The summed E-state index contributed by atoms with van der Waals surface area (Å²) in [6.07, 6.45) is 1.51. The number of amides is 3. The van der Waals surface area contributed by atoms with E-state index in [0.29, 0.717) is 55.4 Å². The lowest BCUT2D eigenvalue weighted by Gasteiger charge is -2.33. The molecule has 3 aliphatic heterocycles. The van der Waals surface area contributed by atoms with Crippen molar-refractivity contribution in [3.8, 4) is 11.5 Å². The summed E-state index contributed by atoms with van der Waals surface area (Å²) in [6, 6.07) is 13.1. The number of ether oxygens (including phenoxy) is 2. The molecule has 0 aromatic heterocycles. The Morgan fingerprint density at radius 2 is 1.85 bits per heavy atom. The van der Waals surface area contributed by atoms with Crippen molar-refractivity contribution in [1.29, 1.82) is 0 Å². The van der Waals surface area contributed by atoms with Crippen LogP contribution in [0.15, 0.2) is 47.4 Å². The number of hydrogen-bond donors (Lipinski definition) is 1. The summed E-state index contributed by atoms with van der Waals surface area (Å²) in [6.45, 7) is 1.65. The first kappa shape index (κ1) is 21.6. The Morgan fingerprint density at radius 3 is 2.70 bits per heavy atom. The molecular weight excluding hydrogens is 442 g/mol. The van der Waals surface area contributed by atoms with Gasteiger partial charge in [-0.05, 0) is 37.1 Å². The second-order valence-electron chi connectivity index (χ2n) is 8.26. The molecule has 0 aliphatic carbocycles. The fraction of sp³-hybridized carbons (Fsp3) is 0.375. The van der Waals surface area contributed by atoms with Gasteiger partial charge in [0.2, 0.25) is 24.5 Å². The minimum atomic E-state index is -0.146. The molecule has 33 heavy (non-hydrogen) atoms. The van der Waals surface area contributed by atoms with Crippen LogP contribution in [0.3, 0.4) is 0 Å². The molecule has 3 aliphatic rings. The number of nitrogens with zero attached hydrogens (tertiary/aromatic N) is 2. The number of carbonyl (C=O) groups is 3. The molecule has 1 fully saturated rings. The topological polar surface area (TPSA) is 88.2 Å². The molecule has 9 heteroatoms. The quantitative estimate of drug-likeness (QED) is 0.727. The first-order valence-corrected chi connectivity index (χ1v) is 12.1. The second-order valence-corrected chi connectivity index (χ2v) is 9.28. The molecule has 172 valence electrons. The van der Waals surface area contributed by atoms with Crippen LogP contribution in [0, 0.1) is 5.92 Å². The number of thioether (sulfide) groups is 1. The largest absolute Gasteiger partial charge is 0.454 e. The number of hydrogen-bond acceptors (Lipinski definition) is 6. The number of fused-ring (bicyclic) bond motifs is 2. The molecule has 2 aromatic carbocycles. The Balaban J connectivity index is 1.11. The van der Waals surface area contributed by atoms with E-state index in [1.165, 1.54) is 11.8 Å². The van der Waals surface area contributed by atoms with Gasteiger partial charge in [0, 0.05) is 48.6 Å². The molecule has 1 N–H and O–H groups in total. The Morgan fingerprint density at radius 1 is 1.06 bits per heavy atom. The maximum atomic E-state index is 12.8. The molecule has 0 radical (unpaired) electrons. The van der Waals surface area contributed by atoms with E-state index in [4.69, 9.17) is 9.47 Å². The van der Waals surface area contributed by atoms with Gasteiger partial charge in [-0.3, -0.25) is 14.4 Å². The number of piperidine rings is 1. The van der Waals surface area contributed by atoms with Crippen molar-refractivity contribution in [3.63, 3.8) is 0 Å². The normalized spacial score (nSPS) is 17.6. The van der Waals surface area contributed by atoms with Crippen LogP contribution in [-0.4, -0.2) is 54.8 Å². The van der Waals surface area contributed by atoms with E-state index in [9.17, 15) is 14.4 Å². The summed E-state index contributed by atoms with van der Waals surface area (Å²) in [5.74, 6) is 1.56. The first-order chi connectivity index (χ1) is 16.1. The lowest BCUT2D eigenvalue weighted by atomic mass is 9.95. The smallest absolute Gasteiger partial charge is 0.237 e. The zero-order valence-electron chi connectivity index (χ0n) is 18.1. The highest BCUT2D eigenvalue weighted by molar-refractivity contribution is 8.00. The molecule has 0 atom stereocenters. The van der Waals surface area contributed by atoms with Gasteiger partial charge in [-0.25, -0.2) is 0 Å². The third kappa shape index (κ3) is 4.64. The lowest BCUT2D eigenvalue weighted by molar-refractivity contribution is -0.134. The lowest BCUT2D eigenvalue weighted by Crippen LogP contribution is -2.43. The summed E-state index contributed by atoms with van der Waals surface area (Å²) in [7, 11) is 0. The second kappa shape index (κ2) is 9.35. The van der Waals surface area contributed by atoms with Gasteiger partial charge in [0.15, 0.2) is 11.5 Å². The highest BCUT2D eigenvalue weighted by Crippen LogP contribution is 2.36. The van der Waals surface area contributed by atoms with Gasteiger partial charge in [-0.1, -0.05) is 12.1 Å². The maximum Gasteiger partial charge on any atom is 0.237 e. The summed E-state index contributed by atoms with van der Waals surface area (Å²) in [5.41, 5.74) is 1.55. The molecule has 0 spiro atoms. The fourth-order valence-corrected chi connectivity index (χ4v) is 5.31. The molecule has 0 bridgehead atoms. The van der Waals surface area contributed by atoms with E-state index in [1.54, 1.807) is 28.0 Å². The molecule has 3 amide bonds. The monoisotopic (exact) mass is 467 g/mol. The number of para-hydroxylation sites is 1. The van der Waals surface area contributed by atoms with E-state index in [-0.39, 0.29) is 36.9 Å². The highest BCUT2D eigenvalue weighted by Gasteiger charge is 2.29. The van der Waals surface area contributed by atoms with Gasteiger partial charge >= 0.3 is 0 Å². The van der Waals surface area contributed by atoms with Crippen LogP contribution in [0.4, 0.5) is 11.4 Å². The van der Waals surface area contributed by atoms with Crippen LogP contribution in [0.2, 0.25) is 0 Å². The third-order valence-electron chi connectivity index (χ3n) is 6.22. The number of likely N-dealkylation sites (tertiary alicyclic amines) is 1. The van der Waals surface area contributed by atoms with Gasteiger partial charge in [0.25, 0.3) is 0 Å². The molecule has 5 rings (SSSR count). The number of benzene rings is 2. The summed E-state index contributed by atoms with van der Waals surface area (Å²) < 4.78 is 10.7. The Hall–Kier alpha value is -3.20. The van der Waals surface area contributed by atoms with Crippen LogP contribution >= 0.6 is 11.8 Å². The van der Waals surface area contributed by atoms with Crippen LogP contribution in [0.1, 0.15) is 19.3 Å². The predicted octanol–water partition coefficient (Wildman–Crippen LogP) is 3.12. The minimum Gasteiger partial charge on any atom is -0.454 e. The van der Waals surface area contributed by atoms with Gasteiger partial charge < -0.3 is 24.6 Å². The Kier molecular flexibility index (Phi) is 6.13. The molecular formula is C24H25N3O5S. The third-order valence-corrected chi connectivity index (χ3v) is 7.26. The first-order valence-electron chi connectivity index (χ1n) is 11.1. The average Bonchev–Trinajstić information content (AvgIpc) is 3.31. The highest BCUT2D eigenvalue weighted by atomic mass is 32.2. The SMILES string of the molecule is O=C(Nc1ccc2c(c1)OCO2)C1CCN(C(=O)CCN2C(=O)CSc3ccccc32)CC1. The van der Waals surface area contributed by atoms with E-state index in [0.717, 1.165) is 10.6 Å². The van der Waals surface area contributed by atoms with Crippen molar-refractivity contribution in [2.24, 2.45) is 5.92 Å². The molecule has 0 saturated carbocycles. The van der Waals surface area contributed by atoms with Crippen LogP contribution in [-0.2, 0) is 14.4 Å². The van der Waals surface area contributed by atoms with Gasteiger partial charge in [0.05, 0.1) is 11.4 Å². The summed E-state index contributed by atoms with van der Waals surface area (Å²) in [4.78, 5) is 42.5. The number of carbonyl (C=O) groups excluding carboxylic acids is 3. The Labute approximate surface area is 196 Å². The number of anilines is 2. The van der Waals surface area contributed by atoms with Crippen LogP contribution in [0.25, 0.3) is 0 Å². The number of nitrogens with one attached hydrogen (secondary N) is 1. The maximum absolute atomic E-state index is 12.8. The summed E-state index contributed by atoms with van der Waals surface area (Å²) >= 11 is 1.53. The zero-order chi connectivity index (χ0) is 22.8. The standard InChI is InChI=1S/C24H25N3O5S/c28-22(9-12-27-18-3-1-2-4-21(18)33-14-23(27)29)26-10-7-16(8-11-26)24(30)25-17-5-6-19-20(13-17)32-15-31-19/h1-6,13,16H,7-12,14-15H2,(H,25,30). The fourth-order valence-electron chi connectivity index (χ4n) is 4.37. The van der Waals surface area contributed by atoms with E-state index < -0.39 is 0 Å². The van der Waals surface area contributed by atoms with Gasteiger partial charge in [0.1, 0.15) is 0 Å². The molecule has 0 unspecified atom stereocenters. The van der Waals surface area contributed by atoms with Gasteiger partial charge in [-0.15, -0.1) is 11.8 Å². The van der Waals surface area contributed by atoms with E-state index in [2.05, 4.69) is 5.32 Å². The van der Waals surface area contributed by atoms with E-state index >= 15 is 0 Å². The molecule has 1 saturated heterocycles. The van der Waals surface area contributed by atoms with Crippen molar-refractivity contribution < 1.29 is 23.9 Å². The van der Waals surface area contributed by atoms with E-state index in [1.807, 2.05) is 24.3 Å². The van der Waals surface area contributed by atoms with Crippen molar-refractivity contribution in [3.05, 3.63) is 42.5 Å². The predicted molar refractivity (Wildman–Crippen MR) is 125 cm³/mol. The molecule has 2 aromatic rings.